The quantitative estimate of drug-likeness (QED) is 0.372. The van der Waals surface area contributed by atoms with E-state index in [4.69, 9.17) is 9.47 Å². The van der Waals surface area contributed by atoms with E-state index in [1.165, 1.54) is 56.9 Å². The Morgan fingerprint density at radius 1 is 0.963 bits per heavy atom. The van der Waals surface area contributed by atoms with Gasteiger partial charge in [0.15, 0.2) is 0 Å². The smallest absolute Gasteiger partial charge is 0.202 e. The molecule has 2 rings (SSSR count). The van der Waals surface area contributed by atoms with E-state index < -0.39 is 0 Å². The van der Waals surface area contributed by atoms with Gasteiger partial charge >= 0.3 is 0 Å². The van der Waals surface area contributed by atoms with Gasteiger partial charge in [-0.25, -0.2) is 0 Å². The summed E-state index contributed by atoms with van der Waals surface area (Å²) >= 11 is 0. The van der Waals surface area contributed by atoms with Crippen molar-refractivity contribution in [3.63, 3.8) is 0 Å². The van der Waals surface area contributed by atoms with Crippen molar-refractivity contribution >= 4 is 0 Å². The van der Waals surface area contributed by atoms with Gasteiger partial charge in [0.25, 0.3) is 0 Å². The van der Waals surface area contributed by atoms with Gasteiger partial charge in [-0.3, -0.25) is 0 Å². The van der Waals surface area contributed by atoms with E-state index in [1.807, 2.05) is 0 Å². The fourth-order valence-electron chi connectivity index (χ4n) is 4.25. The van der Waals surface area contributed by atoms with E-state index in [2.05, 4.69) is 58.9 Å². The minimum atomic E-state index is -0.155. The largest absolute Gasteiger partial charge is 0.465 e. The Hall–Kier alpha value is -1.02. The topological polar surface area (TPSA) is 18.5 Å². The Morgan fingerprint density at radius 2 is 1.63 bits per heavy atom. The molecule has 2 atom stereocenters. The molecule has 0 N–H and O–H groups in total. The van der Waals surface area contributed by atoms with Crippen molar-refractivity contribution in [2.45, 2.75) is 98.2 Å². The molecule has 0 aliphatic heterocycles. The molecule has 154 valence electrons. The van der Waals surface area contributed by atoms with E-state index >= 15 is 0 Å². The molecule has 1 aliphatic rings. The van der Waals surface area contributed by atoms with Gasteiger partial charge in [-0.05, 0) is 54.7 Å². The second-order valence-electron chi connectivity index (χ2n) is 9.20. The highest BCUT2D eigenvalue weighted by Gasteiger charge is 2.19. The lowest BCUT2D eigenvalue weighted by Crippen LogP contribution is -2.27. The van der Waals surface area contributed by atoms with Crippen LogP contribution in [0.4, 0.5) is 0 Å². The van der Waals surface area contributed by atoms with Gasteiger partial charge in [-0.15, -0.1) is 0 Å². The minimum absolute atomic E-state index is 0.155. The monoisotopic (exact) mass is 374 g/mol. The molecule has 0 spiro atoms. The standard InChI is InChI=1S/C25H42O2/c1-6-22(18-19(2)3)23-12-14-24(15-13-23)27-25(20(4)5)26-17-16-21-10-8-7-9-11-21/h12-15,19-22,25H,6-11,16-18H2,1-5H3. The van der Waals surface area contributed by atoms with Gasteiger partial charge < -0.3 is 9.47 Å². The maximum atomic E-state index is 6.19. The Balaban J connectivity index is 1.85. The van der Waals surface area contributed by atoms with Crippen LogP contribution in [0.25, 0.3) is 0 Å². The molecule has 0 amide bonds. The van der Waals surface area contributed by atoms with Crippen molar-refractivity contribution < 1.29 is 9.47 Å². The summed E-state index contributed by atoms with van der Waals surface area (Å²) in [7, 11) is 0. The molecular formula is C25H42O2. The Bertz CT molecular complexity index is 500. The predicted molar refractivity (Wildman–Crippen MR) is 115 cm³/mol. The minimum Gasteiger partial charge on any atom is -0.465 e. The molecule has 2 unspecified atom stereocenters. The summed E-state index contributed by atoms with van der Waals surface area (Å²) in [6.07, 6.45) is 10.4. The summed E-state index contributed by atoms with van der Waals surface area (Å²) in [5.41, 5.74) is 1.43. The summed E-state index contributed by atoms with van der Waals surface area (Å²) < 4.78 is 12.3. The zero-order valence-electron chi connectivity index (χ0n) is 18.4. The molecule has 2 nitrogen and oxygen atoms in total. The van der Waals surface area contributed by atoms with Gasteiger partial charge in [0.1, 0.15) is 5.75 Å². The van der Waals surface area contributed by atoms with Crippen molar-refractivity contribution in [2.75, 3.05) is 6.61 Å². The van der Waals surface area contributed by atoms with Crippen molar-refractivity contribution in [3.05, 3.63) is 29.8 Å². The van der Waals surface area contributed by atoms with Crippen LogP contribution in [0.2, 0.25) is 0 Å². The highest BCUT2D eigenvalue weighted by molar-refractivity contribution is 5.29. The number of ether oxygens (including phenoxy) is 2. The van der Waals surface area contributed by atoms with Crippen LogP contribution >= 0.6 is 0 Å². The average Bonchev–Trinajstić information content (AvgIpc) is 2.66. The van der Waals surface area contributed by atoms with Crippen molar-refractivity contribution in [1.82, 2.24) is 0 Å². The summed E-state index contributed by atoms with van der Waals surface area (Å²) in [6.45, 7) is 12.1. The molecule has 1 saturated carbocycles. The molecule has 2 heteroatoms. The van der Waals surface area contributed by atoms with Crippen LogP contribution in [0.5, 0.6) is 5.75 Å². The van der Waals surface area contributed by atoms with Crippen LogP contribution in [0.15, 0.2) is 24.3 Å². The maximum Gasteiger partial charge on any atom is 0.202 e. The molecule has 1 aliphatic carbocycles. The molecule has 0 saturated heterocycles. The third-order valence-electron chi connectivity index (χ3n) is 5.93. The molecule has 0 heterocycles. The van der Waals surface area contributed by atoms with E-state index in [0.29, 0.717) is 11.8 Å². The van der Waals surface area contributed by atoms with E-state index in [-0.39, 0.29) is 6.29 Å². The van der Waals surface area contributed by atoms with Gasteiger partial charge in [0.05, 0.1) is 6.61 Å². The fourth-order valence-corrected chi connectivity index (χ4v) is 4.25. The van der Waals surface area contributed by atoms with Gasteiger partial charge in [0, 0.05) is 5.92 Å². The number of hydrogen-bond acceptors (Lipinski definition) is 2. The number of hydrogen-bond donors (Lipinski definition) is 0. The van der Waals surface area contributed by atoms with Gasteiger partial charge in [-0.1, -0.05) is 78.9 Å². The SMILES string of the molecule is CCC(CC(C)C)c1ccc(OC(OCCC2CCCCC2)C(C)C)cc1. The van der Waals surface area contributed by atoms with Crippen LogP contribution in [0.3, 0.4) is 0 Å². The zero-order valence-corrected chi connectivity index (χ0v) is 18.4. The Morgan fingerprint density at radius 3 is 2.19 bits per heavy atom. The number of benzene rings is 1. The van der Waals surface area contributed by atoms with E-state index in [9.17, 15) is 0 Å². The van der Waals surface area contributed by atoms with Crippen molar-refractivity contribution in [2.24, 2.45) is 17.8 Å². The van der Waals surface area contributed by atoms with Crippen molar-refractivity contribution in [3.8, 4) is 5.75 Å². The third-order valence-corrected chi connectivity index (χ3v) is 5.93. The maximum absolute atomic E-state index is 6.19. The Kier molecular flexibility index (Phi) is 9.68. The lowest BCUT2D eigenvalue weighted by Gasteiger charge is -2.26. The summed E-state index contributed by atoms with van der Waals surface area (Å²) in [5, 5.41) is 0. The molecule has 1 fully saturated rings. The molecule has 0 aromatic heterocycles. The predicted octanol–water partition coefficient (Wildman–Crippen LogP) is 7.57. The summed E-state index contributed by atoms with van der Waals surface area (Å²) in [4.78, 5) is 0. The fraction of sp³-hybridized carbons (Fsp3) is 0.760. The van der Waals surface area contributed by atoms with Crippen LogP contribution in [-0.4, -0.2) is 12.9 Å². The van der Waals surface area contributed by atoms with Gasteiger partial charge in [-0.2, -0.15) is 0 Å². The van der Waals surface area contributed by atoms with Crippen LogP contribution in [0.1, 0.15) is 97.5 Å². The Labute approximate surface area is 168 Å². The summed E-state index contributed by atoms with van der Waals surface area (Å²) in [5.74, 6) is 3.51. The second-order valence-corrected chi connectivity index (χ2v) is 9.20. The molecule has 0 radical (unpaired) electrons. The normalized spacial score (nSPS) is 18.0. The first-order valence-electron chi connectivity index (χ1n) is 11.4. The molecule has 1 aromatic carbocycles. The van der Waals surface area contributed by atoms with Crippen molar-refractivity contribution in [1.29, 1.82) is 0 Å². The van der Waals surface area contributed by atoms with E-state index in [0.717, 1.165) is 24.2 Å². The lowest BCUT2D eigenvalue weighted by atomic mass is 9.87. The van der Waals surface area contributed by atoms with Gasteiger partial charge in [0.2, 0.25) is 6.29 Å². The highest BCUT2D eigenvalue weighted by Crippen LogP contribution is 2.29. The zero-order chi connectivity index (χ0) is 19.6. The highest BCUT2D eigenvalue weighted by atomic mass is 16.7. The molecule has 1 aromatic rings. The van der Waals surface area contributed by atoms with E-state index in [1.54, 1.807) is 0 Å². The van der Waals surface area contributed by atoms with Crippen LogP contribution < -0.4 is 4.74 Å². The first-order valence-corrected chi connectivity index (χ1v) is 11.4. The second kappa shape index (κ2) is 11.7. The summed E-state index contributed by atoms with van der Waals surface area (Å²) in [6, 6.07) is 8.73. The molecular weight excluding hydrogens is 332 g/mol. The lowest BCUT2D eigenvalue weighted by molar-refractivity contribution is -0.111. The average molecular weight is 375 g/mol. The molecule has 27 heavy (non-hydrogen) atoms. The first kappa shape index (κ1) is 22.3. The number of rotatable bonds is 11. The van der Waals surface area contributed by atoms with Crippen LogP contribution in [-0.2, 0) is 4.74 Å². The first-order chi connectivity index (χ1) is 13.0. The third kappa shape index (κ3) is 7.86. The van der Waals surface area contributed by atoms with Crippen LogP contribution in [0, 0.1) is 17.8 Å². The molecule has 0 bridgehead atoms.